The molecule has 2 aromatic carbocycles. The lowest BCUT2D eigenvalue weighted by Crippen LogP contribution is -2.69. The standard InChI is InChI=1S/C27H29N3O4/c1-27(2)28(16-17-34-3)26(33)24-25(32)22(31)14-15-29(24)30(27)23-20-10-6-4-8-18(20)12-13-19-9-5-7-11-21(19)23/h4-11,14-15,23,32H,12-13,16-17H2,1-3H3. The molecule has 7 nitrogen and oxygen atoms in total. The van der Waals surface area contributed by atoms with Gasteiger partial charge < -0.3 is 14.7 Å². The van der Waals surface area contributed by atoms with E-state index >= 15 is 0 Å². The van der Waals surface area contributed by atoms with Crippen LogP contribution in [0.2, 0.25) is 0 Å². The minimum Gasteiger partial charge on any atom is -0.502 e. The van der Waals surface area contributed by atoms with E-state index < -0.39 is 22.7 Å². The Balaban J connectivity index is 1.83. The van der Waals surface area contributed by atoms with Gasteiger partial charge >= 0.3 is 0 Å². The minimum absolute atomic E-state index is 0.0258. The summed E-state index contributed by atoms with van der Waals surface area (Å²) in [5, 5.41) is 12.9. The highest BCUT2D eigenvalue weighted by Crippen LogP contribution is 2.42. The van der Waals surface area contributed by atoms with Crippen molar-refractivity contribution in [1.82, 2.24) is 9.58 Å². The van der Waals surface area contributed by atoms with Crippen LogP contribution in [0.1, 0.15) is 52.6 Å². The predicted octanol–water partition coefficient (Wildman–Crippen LogP) is 3.22. The summed E-state index contributed by atoms with van der Waals surface area (Å²) < 4.78 is 6.97. The summed E-state index contributed by atoms with van der Waals surface area (Å²) >= 11 is 0. The maximum Gasteiger partial charge on any atom is 0.278 e. The number of carbonyl (C=O) groups excluding carboxylic acids is 1. The van der Waals surface area contributed by atoms with E-state index in [1.807, 2.05) is 26.0 Å². The van der Waals surface area contributed by atoms with Crippen LogP contribution in [0.5, 0.6) is 5.75 Å². The molecular weight excluding hydrogens is 430 g/mol. The number of aryl methyl sites for hydroxylation is 2. The number of pyridine rings is 1. The largest absolute Gasteiger partial charge is 0.502 e. The van der Waals surface area contributed by atoms with Gasteiger partial charge in [0.15, 0.2) is 11.4 Å². The lowest BCUT2D eigenvalue weighted by atomic mass is 9.91. The topological polar surface area (TPSA) is 75.0 Å². The first-order valence-corrected chi connectivity index (χ1v) is 11.6. The number of amides is 1. The molecule has 0 unspecified atom stereocenters. The predicted molar refractivity (Wildman–Crippen MR) is 130 cm³/mol. The van der Waals surface area contributed by atoms with Crippen LogP contribution in [-0.4, -0.2) is 46.5 Å². The summed E-state index contributed by atoms with van der Waals surface area (Å²) in [4.78, 5) is 27.7. The zero-order chi connectivity index (χ0) is 24.0. The highest BCUT2D eigenvalue weighted by atomic mass is 16.5. The molecule has 0 bridgehead atoms. The van der Waals surface area contributed by atoms with Gasteiger partial charge in [-0.3, -0.25) is 19.3 Å². The van der Waals surface area contributed by atoms with E-state index in [1.165, 1.54) is 17.2 Å². The van der Waals surface area contributed by atoms with E-state index in [9.17, 15) is 14.7 Å². The van der Waals surface area contributed by atoms with Gasteiger partial charge in [-0.05, 0) is 48.9 Å². The highest BCUT2D eigenvalue weighted by molar-refractivity contribution is 5.97. The third-order valence-electron chi connectivity index (χ3n) is 7.08. The molecule has 2 heterocycles. The van der Waals surface area contributed by atoms with E-state index in [2.05, 4.69) is 41.4 Å². The summed E-state index contributed by atoms with van der Waals surface area (Å²) in [5.41, 5.74) is 3.36. The second kappa shape index (κ2) is 8.33. The number of aromatic nitrogens is 1. The monoisotopic (exact) mass is 459 g/mol. The fourth-order valence-corrected chi connectivity index (χ4v) is 5.42. The van der Waals surface area contributed by atoms with Crippen molar-refractivity contribution in [3.63, 3.8) is 0 Å². The number of nitrogens with zero attached hydrogens (tertiary/aromatic N) is 3. The smallest absolute Gasteiger partial charge is 0.278 e. The lowest BCUT2D eigenvalue weighted by Gasteiger charge is -2.55. The molecule has 0 atom stereocenters. The molecule has 5 rings (SSSR count). The van der Waals surface area contributed by atoms with Gasteiger partial charge in [0, 0.05) is 25.9 Å². The molecule has 1 N–H and O–H groups in total. The number of aromatic hydroxyl groups is 1. The minimum atomic E-state index is -0.806. The summed E-state index contributed by atoms with van der Waals surface area (Å²) in [6, 6.07) is 17.8. The fraction of sp³-hybridized carbons (Fsp3) is 0.333. The first-order chi connectivity index (χ1) is 16.4. The summed E-state index contributed by atoms with van der Waals surface area (Å²) in [7, 11) is 1.59. The first-order valence-electron chi connectivity index (χ1n) is 11.6. The molecule has 1 aliphatic carbocycles. The van der Waals surface area contributed by atoms with Crippen LogP contribution in [0.15, 0.2) is 65.6 Å². The Hall–Kier alpha value is -3.58. The molecular formula is C27H29N3O4. The Morgan fingerprint density at radius 2 is 1.56 bits per heavy atom. The van der Waals surface area contributed by atoms with Crippen LogP contribution < -0.4 is 10.4 Å². The number of fused-ring (bicyclic) bond motifs is 3. The van der Waals surface area contributed by atoms with Crippen molar-refractivity contribution in [3.8, 4) is 5.75 Å². The number of carbonyl (C=O) groups is 1. The highest BCUT2D eigenvalue weighted by Gasteiger charge is 2.48. The Bertz CT molecular complexity index is 1270. The lowest BCUT2D eigenvalue weighted by molar-refractivity contribution is 0.0243. The number of rotatable bonds is 4. The Labute approximate surface area is 198 Å². The normalized spacial score (nSPS) is 17.1. The molecule has 176 valence electrons. The van der Waals surface area contributed by atoms with E-state index in [4.69, 9.17) is 4.74 Å². The van der Waals surface area contributed by atoms with E-state index in [1.54, 1.807) is 22.9 Å². The average Bonchev–Trinajstić information content (AvgIpc) is 2.98. The van der Waals surface area contributed by atoms with Gasteiger partial charge in [-0.2, -0.15) is 0 Å². The zero-order valence-electron chi connectivity index (χ0n) is 19.7. The van der Waals surface area contributed by atoms with Gasteiger partial charge in [0.2, 0.25) is 5.43 Å². The number of ether oxygens (including phenoxy) is 1. The molecule has 0 spiro atoms. The molecule has 1 aromatic heterocycles. The molecule has 7 heteroatoms. The van der Waals surface area contributed by atoms with Gasteiger partial charge in [-0.25, -0.2) is 0 Å². The fourth-order valence-electron chi connectivity index (χ4n) is 5.42. The van der Waals surface area contributed by atoms with Crippen LogP contribution in [0, 0.1) is 0 Å². The van der Waals surface area contributed by atoms with Crippen molar-refractivity contribution in [2.75, 3.05) is 25.3 Å². The Morgan fingerprint density at radius 1 is 0.971 bits per heavy atom. The van der Waals surface area contributed by atoms with Crippen molar-refractivity contribution >= 4 is 5.91 Å². The van der Waals surface area contributed by atoms with E-state index in [0.717, 1.165) is 24.0 Å². The Morgan fingerprint density at radius 3 is 2.15 bits per heavy atom. The van der Waals surface area contributed by atoms with Crippen LogP contribution in [-0.2, 0) is 17.6 Å². The van der Waals surface area contributed by atoms with Crippen LogP contribution in [0.4, 0.5) is 0 Å². The second-order valence-electron chi connectivity index (χ2n) is 9.31. The summed E-state index contributed by atoms with van der Waals surface area (Å²) in [5.74, 6) is -0.936. The zero-order valence-corrected chi connectivity index (χ0v) is 19.7. The maximum atomic E-state index is 13.6. The van der Waals surface area contributed by atoms with Gasteiger partial charge in [0.25, 0.3) is 5.91 Å². The third-order valence-corrected chi connectivity index (χ3v) is 7.08. The van der Waals surface area contributed by atoms with Gasteiger partial charge in [-0.1, -0.05) is 48.5 Å². The van der Waals surface area contributed by atoms with Crippen molar-refractivity contribution in [2.45, 2.75) is 38.4 Å². The van der Waals surface area contributed by atoms with E-state index in [0.29, 0.717) is 13.2 Å². The molecule has 2 aliphatic rings. The van der Waals surface area contributed by atoms with Crippen LogP contribution in [0.25, 0.3) is 0 Å². The van der Waals surface area contributed by atoms with Crippen molar-refractivity contribution in [2.24, 2.45) is 0 Å². The SMILES string of the molecule is COCCN1C(=O)c2c(O)c(=O)ccn2N(C2c3ccccc3CCc3ccccc32)C1(C)C. The molecule has 0 saturated carbocycles. The van der Waals surface area contributed by atoms with E-state index in [-0.39, 0.29) is 11.7 Å². The number of methoxy groups -OCH3 is 1. The molecule has 0 fully saturated rings. The van der Waals surface area contributed by atoms with Crippen molar-refractivity contribution < 1.29 is 14.6 Å². The molecule has 3 aromatic rings. The van der Waals surface area contributed by atoms with Crippen molar-refractivity contribution in [3.05, 3.63) is 99.0 Å². The molecule has 0 radical (unpaired) electrons. The molecule has 1 amide bonds. The summed E-state index contributed by atoms with van der Waals surface area (Å²) in [6.45, 7) is 4.64. The van der Waals surface area contributed by atoms with Gasteiger partial charge in [0.1, 0.15) is 5.66 Å². The second-order valence-corrected chi connectivity index (χ2v) is 9.31. The van der Waals surface area contributed by atoms with Crippen molar-refractivity contribution in [1.29, 1.82) is 0 Å². The Kier molecular flexibility index (Phi) is 5.44. The quantitative estimate of drug-likeness (QED) is 0.649. The van der Waals surface area contributed by atoms with Gasteiger partial charge in [0.05, 0.1) is 12.6 Å². The maximum absolute atomic E-state index is 13.6. The molecule has 1 aliphatic heterocycles. The van der Waals surface area contributed by atoms with Crippen LogP contribution >= 0.6 is 0 Å². The molecule has 0 saturated heterocycles. The number of benzene rings is 2. The summed E-state index contributed by atoms with van der Waals surface area (Å²) in [6.07, 6.45) is 3.42. The number of hydrogen-bond donors (Lipinski definition) is 1. The molecule has 34 heavy (non-hydrogen) atoms. The van der Waals surface area contributed by atoms with Gasteiger partial charge in [-0.15, -0.1) is 0 Å². The number of hydrogen-bond acceptors (Lipinski definition) is 5. The third kappa shape index (κ3) is 3.30. The van der Waals surface area contributed by atoms with Crippen LogP contribution in [0.3, 0.4) is 0 Å². The average molecular weight is 460 g/mol. The first kappa shape index (κ1) is 22.2.